The van der Waals surface area contributed by atoms with Crippen LogP contribution in [-0.2, 0) is 5.75 Å². The molecule has 1 unspecified atom stereocenters. The summed E-state index contributed by atoms with van der Waals surface area (Å²) < 4.78 is 2.19. The van der Waals surface area contributed by atoms with Gasteiger partial charge < -0.3 is 9.88 Å². The summed E-state index contributed by atoms with van der Waals surface area (Å²) in [5.74, 6) is 0.765. The first kappa shape index (κ1) is 15.9. The van der Waals surface area contributed by atoms with Crippen molar-refractivity contribution < 1.29 is 0 Å². The molecule has 2 aromatic heterocycles. The van der Waals surface area contributed by atoms with Gasteiger partial charge in [0.1, 0.15) is 6.33 Å². The van der Waals surface area contributed by atoms with E-state index in [1.807, 2.05) is 24.5 Å². The molecule has 1 atom stereocenters. The summed E-state index contributed by atoms with van der Waals surface area (Å²) in [6.07, 6.45) is 4.21. The molecule has 1 aromatic carbocycles. The molecule has 124 valence electrons. The Morgan fingerprint density at radius 1 is 1.29 bits per heavy atom. The fourth-order valence-electron chi connectivity index (χ4n) is 3.01. The van der Waals surface area contributed by atoms with Crippen LogP contribution in [0.15, 0.2) is 41.8 Å². The van der Waals surface area contributed by atoms with E-state index in [0.717, 1.165) is 40.6 Å². The lowest BCUT2D eigenvalue weighted by Gasteiger charge is -2.24. The van der Waals surface area contributed by atoms with E-state index in [4.69, 9.17) is 16.6 Å². The molecule has 0 aliphatic carbocycles. The quantitative estimate of drug-likeness (QED) is 0.720. The van der Waals surface area contributed by atoms with Crippen LogP contribution in [0.5, 0.6) is 0 Å². The monoisotopic (exact) mass is 359 g/mol. The maximum atomic E-state index is 6.06. The number of piperidine rings is 1. The summed E-state index contributed by atoms with van der Waals surface area (Å²) in [6.45, 7) is 2.09. The number of pyridine rings is 1. The van der Waals surface area contributed by atoms with Crippen LogP contribution in [0.2, 0.25) is 5.02 Å². The van der Waals surface area contributed by atoms with Crippen LogP contribution in [-0.4, -0.2) is 32.8 Å². The molecule has 0 spiro atoms. The molecule has 3 heterocycles. The maximum absolute atomic E-state index is 6.06. The van der Waals surface area contributed by atoms with Gasteiger partial charge >= 0.3 is 0 Å². The largest absolute Gasteiger partial charge is 0.315 e. The third kappa shape index (κ3) is 3.41. The van der Waals surface area contributed by atoms with E-state index in [2.05, 4.69) is 32.2 Å². The van der Waals surface area contributed by atoms with Crippen molar-refractivity contribution in [3.05, 3.63) is 47.4 Å². The molecule has 3 aromatic rings. The number of nitrogens with zero attached hydrogens (tertiary/aromatic N) is 4. The van der Waals surface area contributed by atoms with Gasteiger partial charge in [0.2, 0.25) is 0 Å². The molecule has 7 heteroatoms. The van der Waals surface area contributed by atoms with Gasteiger partial charge in [0.25, 0.3) is 0 Å². The molecule has 1 aliphatic heterocycles. The minimum absolute atomic E-state index is 0.444. The van der Waals surface area contributed by atoms with E-state index >= 15 is 0 Å². The molecule has 5 nitrogen and oxygen atoms in total. The molecule has 1 fully saturated rings. The van der Waals surface area contributed by atoms with Gasteiger partial charge in [-0.1, -0.05) is 35.5 Å². The van der Waals surface area contributed by atoms with Crippen LogP contribution >= 0.6 is 23.4 Å². The van der Waals surface area contributed by atoms with Crippen molar-refractivity contribution in [1.29, 1.82) is 0 Å². The van der Waals surface area contributed by atoms with Crippen molar-refractivity contribution in [2.24, 2.45) is 0 Å². The molecule has 0 saturated carbocycles. The summed E-state index contributed by atoms with van der Waals surface area (Å²) in [7, 11) is 0. The number of rotatable bonds is 4. The van der Waals surface area contributed by atoms with Crippen LogP contribution in [0.4, 0.5) is 0 Å². The SMILES string of the molecule is Clc1ccc2ccc(CSc3nncn3C3CCCNC3)nc2c1. The normalized spacial score (nSPS) is 18.1. The fourth-order valence-corrected chi connectivity index (χ4v) is 4.06. The highest BCUT2D eigenvalue weighted by Gasteiger charge is 2.18. The summed E-state index contributed by atoms with van der Waals surface area (Å²) in [5, 5.41) is 14.6. The van der Waals surface area contributed by atoms with E-state index in [1.165, 1.54) is 12.8 Å². The van der Waals surface area contributed by atoms with E-state index in [1.54, 1.807) is 11.8 Å². The smallest absolute Gasteiger partial charge is 0.191 e. The fraction of sp³-hybridized carbons (Fsp3) is 0.353. The van der Waals surface area contributed by atoms with Gasteiger partial charge in [-0.3, -0.25) is 4.98 Å². The lowest BCUT2D eigenvalue weighted by Crippen LogP contribution is -2.31. The molecular formula is C17H18ClN5S. The van der Waals surface area contributed by atoms with Gasteiger partial charge in [0.05, 0.1) is 11.2 Å². The number of fused-ring (bicyclic) bond motifs is 1. The van der Waals surface area contributed by atoms with Crippen LogP contribution in [0, 0.1) is 0 Å². The summed E-state index contributed by atoms with van der Waals surface area (Å²) in [5.41, 5.74) is 1.95. The third-order valence-electron chi connectivity index (χ3n) is 4.27. The Bertz CT molecular complexity index is 844. The van der Waals surface area contributed by atoms with E-state index in [0.29, 0.717) is 11.1 Å². The second kappa shape index (κ2) is 7.09. The lowest BCUT2D eigenvalue weighted by molar-refractivity contribution is 0.354. The van der Waals surface area contributed by atoms with Crippen LogP contribution < -0.4 is 5.32 Å². The first-order chi connectivity index (χ1) is 11.8. The van der Waals surface area contributed by atoms with Crippen molar-refractivity contribution >= 4 is 34.3 Å². The Morgan fingerprint density at radius 3 is 3.08 bits per heavy atom. The minimum Gasteiger partial charge on any atom is -0.315 e. The topological polar surface area (TPSA) is 55.6 Å². The Balaban J connectivity index is 1.50. The van der Waals surface area contributed by atoms with Gasteiger partial charge in [0.15, 0.2) is 5.16 Å². The van der Waals surface area contributed by atoms with E-state index in [-0.39, 0.29) is 0 Å². The van der Waals surface area contributed by atoms with Gasteiger partial charge in [0, 0.05) is 28.7 Å². The number of benzene rings is 1. The third-order valence-corrected chi connectivity index (χ3v) is 5.49. The molecular weight excluding hydrogens is 342 g/mol. The van der Waals surface area contributed by atoms with Crippen molar-refractivity contribution in [2.75, 3.05) is 13.1 Å². The minimum atomic E-state index is 0.444. The van der Waals surface area contributed by atoms with Crippen molar-refractivity contribution in [2.45, 2.75) is 29.8 Å². The zero-order chi connectivity index (χ0) is 16.4. The predicted octanol–water partition coefficient (Wildman–Crippen LogP) is 3.70. The molecule has 0 bridgehead atoms. The Kier molecular flexibility index (Phi) is 4.69. The van der Waals surface area contributed by atoms with Gasteiger partial charge in [-0.2, -0.15) is 0 Å². The molecule has 1 aliphatic rings. The summed E-state index contributed by atoms with van der Waals surface area (Å²) in [4.78, 5) is 4.70. The van der Waals surface area contributed by atoms with Crippen LogP contribution in [0.1, 0.15) is 24.6 Å². The highest BCUT2D eigenvalue weighted by atomic mass is 35.5. The second-order valence-electron chi connectivity index (χ2n) is 5.95. The first-order valence-corrected chi connectivity index (χ1v) is 9.44. The summed E-state index contributed by atoms with van der Waals surface area (Å²) >= 11 is 7.74. The number of halogens is 1. The summed E-state index contributed by atoms with van der Waals surface area (Å²) in [6, 6.07) is 10.4. The number of nitrogens with one attached hydrogen (secondary N) is 1. The zero-order valence-corrected chi connectivity index (χ0v) is 14.7. The standard InChI is InChI=1S/C17H18ClN5S/c18-13-5-3-12-4-6-14(21-16(12)8-13)10-24-17-22-20-11-23(17)15-2-1-7-19-9-15/h3-6,8,11,15,19H,1-2,7,9-10H2. The number of hydrogen-bond donors (Lipinski definition) is 1. The number of hydrogen-bond acceptors (Lipinski definition) is 5. The zero-order valence-electron chi connectivity index (χ0n) is 13.2. The molecule has 0 amide bonds. The first-order valence-electron chi connectivity index (χ1n) is 8.08. The highest BCUT2D eigenvalue weighted by molar-refractivity contribution is 7.98. The molecule has 1 saturated heterocycles. The van der Waals surface area contributed by atoms with Gasteiger partial charge in [-0.05, 0) is 37.6 Å². The Morgan fingerprint density at radius 2 is 2.21 bits per heavy atom. The van der Waals surface area contributed by atoms with Crippen molar-refractivity contribution in [1.82, 2.24) is 25.1 Å². The molecule has 4 rings (SSSR count). The average molecular weight is 360 g/mol. The second-order valence-corrected chi connectivity index (χ2v) is 7.33. The predicted molar refractivity (Wildman–Crippen MR) is 97.5 cm³/mol. The Hall–Kier alpha value is -1.63. The van der Waals surface area contributed by atoms with E-state index < -0.39 is 0 Å². The molecule has 1 N–H and O–H groups in total. The van der Waals surface area contributed by atoms with Gasteiger partial charge in [-0.15, -0.1) is 10.2 Å². The van der Waals surface area contributed by atoms with Gasteiger partial charge in [-0.25, -0.2) is 0 Å². The van der Waals surface area contributed by atoms with Crippen molar-refractivity contribution in [3.8, 4) is 0 Å². The molecule has 24 heavy (non-hydrogen) atoms. The van der Waals surface area contributed by atoms with Crippen LogP contribution in [0.25, 0.3) is 10.9 Å². The average Bonchev–Trinajstić information content (AvgIpc) is 3.09. The van der Waals surface area contributed by atoms with E-state index in [9.17, 15) is 0 Å². The number of aromatic nitrogens is 4. The van der Waals surface area contributed by atoms with Crippen LogP contribution in [0.3, 0.4) is 0 Å². The number of thioether (sulfide) groups is 1. The maximum Gasteiger partial charge on any atom is 0.191 e. The highest BCUT2D eigenvalue weighted by Crippen LogP contribution is 2.26. The lowest BCUT2D eigenvalue weighted by atomic mass is 10.1. The molecule has 0 radical (unpaired) electrons. The van der Waals surface area contributed by atoms with Crippen molar-refractivity contribution in [3.63, 3.8) is 0 Å². The Labute approximate surface area is 149 Å².